The molecule has 4 nitrogen and oxygen atoms in total. The fourth-order valence-corrected chi connectivity index (χ4v) is 2.51. The van der Waals surface area contributed by atoms with Crippen molar-refractivity contribution < 1.29 is 4.74 Å². The highest BCUT2D eigenvalue weighted by Crippen LogP contribution is 2.26. The predicted octanol–water partition coefficient (Wildman–Crippen LogP) is 2.73. The molecular formula is C14H12Cl2N2O2. The minimum Gasteiger partial charge on any atom is -0.493 e. The van der Waals surface area contributed by atoms with Crippen molar-refractivity contribution in [1.82, 2.24) is 9.78 Å². The van der Waals surface area contributed by atoms with Gasteiger partial charge in [0.1, 0.15) is 10.8 Å². The van der Waals surface area contributed by atoms with Gasteiger partial charge in [0.15, 0.2) is 0 Å². The fraction of sp³-hybridized carbons (Fsp3) is 0.286. The van der Waals surface area contributed by atoms with Crippen molar-refractivity contribution in [3.8, 4) is 5.75 Å². The highest BCUT2D eigenvalue weighted by atomic mass is 35.5. The molecule has 0 saturated carbocycles. The second kappa shape index (κ2) is 5.46. The van der Waals surface area contributed by atoms with Crippen molar-refractivity contribution in [3.63, 3.8) is 0 Å². The molecule has 20 heavy (non-hydrogen) atoms. The van der Waals surface area contributed by atoms with E-state index < -0.39 is 0 Å². The summed E-state index contributed by atoms with van der Waals surface area (Å²) >= 11 is 11.6. The summed E-state index contributed by atoms with van der Waals surface area (Å²) in [6.45, 7) is 1.21. The van der Waals surface area contributed by atoms with Crippen molar-refractivity contribution >= 4 is 23.2 Å². The first-order valence-corrected chi connectivity index (χ1v) is 7.06. The molecular weight excluding hydrogens is 299 g/mol. The van der Waals surface area contributed by atoms with E-state index in [1.165, 1.54) is 16.4 Å². The summed E-state index contributed by atoms with van der Waals surface area (Å²) in [6, 6.07) is 6.10. The Balaban J connectivity index is 1.77. The molecule has 0 aliphatic carbocycles. The van der Waals surface area contributed by atoms with E-state index in [4.69, 9.17) is 27.9 Å². The molecule has 1 aromatic heterocycles. The van der Waals surface area contributed by atoms with E-state index >= 15 is 0 Å². The lowest BCUT2D eigenvalue weighted by molar-refractivity contribution is 0.357. The number of rotatable bonds is 3. The van der Waals surface area contributed by atoms with Crippen LogP contribution in [-0.2, 0) is 19.4 Å². The molecule has 1 aliphatic heterocycles. The van der Waals surface area contributed by atoms with E-state index in [0.29, 0.717) is 13.0 Å². The van der Waals surface area contributed by atoms with E-state index in [1.807, 2.05) is 12.1 Å². The highest BCUT2D eigenvalue weighted by Gasteiger charge is 2.12. The number of nitrogens with zero attached hydrogens (tertiary/aromatic N) is 2. The molecule has 0 unspecified atom stereocenters. The molecule has 104 valence electrons. The monoisotopic (exact) mass is 310 g/mol. The molecule has 0 amide bonds. The molecule has 0 fully saturated rings. The Morgan fingerprint density at radius 3 is 3.05 bits per heavy atom. The maximum Gasteiger partial charge on any atom is 0.287 e. The van der Waals surface area contributed by atoms with Gasteiger partial charge in [0, 0.05) is 13.0 Å². The molecule has 1 aromatic carbocycles. The minimum absolute atomic E-state index is 0.0176. The molecule has 0 radical (unpaired) electrons. The van der Waals surface area contributed by atoms with Crippen LogP contribution in [0.25, 0.3) is 0 Å². The van der Waals surface area contributed by atoms with E-state index in [0.717, 1.165) is 24.3 Å². The van der Waals surface area contributed by atoms with Gasteiger partial charge in [-0.2, -0.15) is 5.10 Å². The van der Waals surface area contributed by atoms with Gasteiger partial charge in [0.25, 0.3) is 5.56 Å². The molecule has 0 saturated heterocycles. The van der Waals surface area contributed by atoms with Crippen LogP contribution in [0.15, 0.2) is 29.2 Å². The van der Waals surface area contributed by atoms with E-state index in [-0.39, 0.29) is 15.6 Å². The SMILES string of the molecule is O=c1c(Cl)c(Cl)cnn1CCc1ccc2c(c1)CCO2. The second-order valence-corrected chi connectivity index (χ2v) is 5.41. The molecule has 3 rings (SSSR count). The van der Waals surface area contributed by atoms with E-state index in [9.17, 15) is 4.79 Å². The fourth-order valence-electron chi connectivity index (χ4n) is 2.23. The first kappa shape index (κ1) is 13.5. The van der Waals surface area contributed by atoms with Crippen molar-refractivity contribution in [2.45, 2.75) is 19.4 Å². The second-order valence-electron chi connectivity index (χ2n) is 4.63. The average Bonchev–Trinajstić information content (AvgIpc) is 2.91. The molecule has 1 aliphatic rings. The van der Waals surface area contributed by atoms with Crippen LogP contribution in [0.5, 0.6) is 5.75 Å². The predicted molar refractivity (Wildman–Crippen MR) is 77.9 cm³/mol. The summed E-state index contributed by atoms with van der Waals surface area (Å²) in [4.78, 5) is 11.9. The third kappa shape index (κ3) is 2.53. The summed E-state index contributed by atoms with van der Waals surface area (Å²) in [5, 5.41) is 4.19. The number of ether oxygens (including phenoxy) is 1. The van der Waals surface area contributed by atoms with Gasteiger partial charge in [-0.05, 0) is 23.6 Å². The third-order valence-electron chi connectivity index (χ3n) is 3.31. The zero-order valence-electron chi connectivity index (χ0n) is 10.6. The van der Waals surface area contributed by atoms with E-state index in [1.54, 1.807) is 0 Å². The van der Waals surface area contributed by atoms with Crippen LogP contribution in [0.4, 0.5) is 0 Å². The average molecular weight is 311 g/mol. The molecule has 0 N–H and O–H groups in total. The van der Waals surface area contributed by atoms with Gasteiger partial charge in [-0.1, -0.05) is 35.3 Å². The zero-order valence-corrected chi connectivity index (χ0v) is 12.1. The Hall–Kier alpha value is -1.52. The Morgan fingerprint density at radius 1 is 1.35 bits per heavy atom. The van der Waals surface area contributed by atoms with Gasteiger partial charge in [0.05, 0.1) is 17.8 Å². The number of hydrogen-bond donors (Lipinski definition) is 0. The van der Waals surface area contributed by atoms with Crippen molar-refractivity contribution in [3.05, 3.63) is 55.9 Å². The largest absolute Gasteiger partial charge is 0.493 e. The summed E-state index contributed by atoms with van der Waals surface area (Å²) < 4.78 is 6.80. The summed E-state index contributed by atoms with van der Waals surface area (Å²) in [5.41, 5.74) is 2.01. The molecule has 0 atom stereocenters. The molecule has 0 spiro atoms. The number of aromatic nitrogens is 2. The van der Waals surface area contributed by atoms with Crippen LogP contribution in [-0.4, -0.2) is 16.4 Å². The molecule has 2 heterocycles. The number of halogens is 2. The van der Waals surface area contributed by atoms with Crippen LogP contribution in [0, 0.1) is 0 Å². The van der Waals surface area contributed by atoms with Gasteiger partial charge >= 0.3 is 0 Å². The van der Waals surface area contributed by atoms with Crippen molar-refractivity contribution in [2.24, 2.45) is 0 Å². The maximum absolute atomic E-state index is 11.9. The summed E-state index contributed by atoms with van der Waals surface area (Å²) in [7, 11) is 0. The van der Waals surface area contributed by atoms with Crippen LogP contribution in [0.1, 0.15) is 11.1 Å². The number of hydrogen-bond acceptors (Lipinski definition) is 3. The van der Waals surface area contributed by atoms with Gasteiger partial charge in [-0.3, -0.25) is 4.79 Å². The van der Waals surface area contributed by atoms with Gasteiger partial charge in [0.2, 0.25) is 0 Å². The van der Waals surface area contributed by atoms with Crippen LogP contribution in [0.3, 0.4) is 0 Å². The van der Waals surface area contributed by atoms with Gasteiger partial charge < -0.3 is 4.74 Å². The Bertz CT molecular complexity index is 713. The van der Waals surface area contributed by atoms with Crippen LogP contribution < -0.4 is 10.3 Å². The first-order chi connectivity index (χ1) is 9.65. The van der Waals surface area contributed by atoms with Crippen molar-refractivity contribution in [2.75, 3.05) is 6.61 Å². The van der Waals surface area contributed by atoms with Gasteiger partial charge in [-0.15, -0.1) is 0 Å². The van der Waals surface area contributed by atoms with Crippen LogP contribution >= 0.6 is 23.2 Å². The summed E-state index contributed by atoms with van der Waals surface area (Å²) in [5.74, 6) is 0.957. The lowest BCUT2D eigenvalue weighted by Crippen LogP contribution is -2.24. The van der Waals surface area contributed by atoms with E-state index in [2.05, 4.69) is 11.2 Å². The lowest BCUT2D eigenvalue weighted by Gasteiger charge is -2.07. The zero-order chi connectivity index (χ0) is 14.1. The summed E-state index contributed by atoms with van der Waals surface area (Å²) in [6.07, 6.45) is 3.04. The quantitative estimate of drug-likeness (QED) is 0.875. The Kier molecular flexibility index (Phi) is 3.68. The molecule has 2 aromatic rings. The third-order valence-corrected chi connectivity index (χ3v) is 4.06. The topological polar surface area (TPSA) is 44.1 Å². The Morgan fingerprint density at radius 2 is 2.20 bits per heavy atom. The number of benzene rings is 1. The number of aryl methyl sites for hydroxylation is 2. The number of fused-ring (bicyclic) bond motifs is 1. The van der Waals surface area contributed by atoms with Crippen molar-refractivity contribution in [1.29, 1.82) is 0 Å². The van der Waals surface area contributed by atoms with Crippen LogP contribution in [0.2, 0.25) is 10.0 Å². The van der Waals surface area contributed by atoms with Gasteiger partial charge in [-0.25, -0.2) is 4.68 Å². The maximum atomic E-state index is 11.9. The Labute approximate surface area is 125 Å². The smallest absolute Gasteiger partial charge is 0.287 e. The minimum atomic E-state index is -0.358. The molecule has 0 bridgehead atoms. The molecule has 6 heteroatoms. The lowest BCUT2D eigenvalue weighted by atomic mass is 10.1. The normalized spacial score (nSPS) is 13.1. The first-order valence-electron chi connectivity index (χ1n) is 6.31. The highest BCUT2D eigenvalue weighted by molar-refractivity contribution is 6.41. The standard InChI is InChI=1S/C14H12Cl2N2O2/c15-11-8-17-18(14(19)13(11)16)5-3-9-1-2-12-10(7-9)4-6-20-12/h1-2,7-8H,3-6H2.